The van der Waals surface area contributed by atoms with Crippen molar-refractivity contribution in [1.29, 1.82) is 0 Å². The second kappa shape index (κ2) is 11.6. The third-order valence-corrected chi connectivity index (χ3v) is 9.24. The number of piperidine rings is 1. The van der Waals surface area contributed by atoms with Gasteiger partial charge in [-0.25, -0.2) is 0 Å². The lowest BCUT2D eigenvalue weighted by atomic mass is 9.91. The maximum absolute atomic E-state index is 6.96. The number of rotatable bonds is 6. The van der Waals surface area contributed by atoms with Crippen molar-refractivity contribution in [2.45, 2.75) is 42.3 Å². The highest BCUT2D eigenvalue weighted by Crippen LogP contribution is 2.45. The summed E-state index contributed by atoms with van der Waals surface area (Å²) >= 11 is 20.5. The Bertz CT molecular complexity index is 1490. The molecule has 4 heterocycles. The minimum absolute atomic E-state index is 0.199. The Balaban J connectivity index is 1.34. The van der Waals surface area contributed by atoms with Crippen molar-refractivity contribution in [3.05, 3.63) is 100 Å². The molecule has 0 radical (unpaired) electrons. The van der Waals surface area contributed by atoms with E-state index in [-0.39, 0.29) is 12.1 Å². The number of halogens is 2. The van der Waals surface area contributed by atoms with E-state index in [1.165, 1.54) is 6.42 Å². The average molecular weight is 610 g/mol. The number of pyridine rings is 1. The Kier molecular flexibility index (Phi) is 8.00. The Hall–Kier alpha value is -2.71. The van der Waals surface area contributed by atoms with Crippen LogP contribution in [0.2, 0.25) is 10.0 Å². The molecule has 2 fully saturated rings. The van der Waals surface area contributed by atoms with Crippen LogP contribution < -0.4 is 15.1 Å². The summed E-state index contributed by atoms with van der Waals surface area (Å²) in [5, 5.41) is 6.32. The zero-order valence-corrected chi connectivity index (χ0v) is 25.4. The van der Waals surface area contributed by atoms with E-state index in [0.717, 1.165) is 50.9 Å². The molecule has 0 amide bonds. The van der Waals surface area contributed by atoms with Crippen LogP contribution in [0.1, 0.15) is 43.8 Å². The molecule has 6 rings (SSSR count). The third kappa shape index (κ3) is 5.70. The maximum Gasteiger partial charge on any atom is 0.174 e. The van der Waals surface area contributed by atoms with Gasteiger partial charge < -0.3 is 19.5 Å². The van der Waals surface area contributed by atoms with Gasteiger partial charge in [0.1, 0.15) is 11.8 Å². The maximum atomic E-state index is 6.96. The minimum atomic E-state index is -0.251. The molecule has 1 N–H and O–H groups in total. The molecule has 40 heavy (non-hydrogen) atoms. The zero-order chi connectivity index (χ0) is 27.8. The summed E-state index contributed by atoms with van der Waals surface area (Å²) in [6.07, 6.45) is 3.05. The SMILES string of the molecule is C[C@@H]1C[C@H](C)CN(c2ccc(N3C(=S)N[C@@H](c4ccccn4)[C@@H]3c3ccc(Sc4ccc(Cl)cc4)o3)cc2Cl)C1. The van der Waals surface area contributed by atoms with Gasteiger partial charge in [0.2, 0.25) is 0 Å². The van der Waals surface area contributed by atoms with Crippen LogP contribution in [0.15, 0.2) is 93.4 Å². The van der Waals surface area contributed by atoms with Crippen molar-refractivity contribution in [2.75, 3.05) is 22.9 Å². The quantitative estimate of drug-likeness (QED) is 0.219. The first-order chi connectivity index (χ1) is 19.4. The van der Waals surface area contributed by atoms with Gasteiger partial charge in [0.05, 0.1) is 22.4 Å². The van der Waals surface area contributed by atoms with Gasteiger partial charge in [-0.1, -0.05) is 54.9 Å². The molecule has 5 nitrogen and oxygen atoms in total. The molecule has 2 aromatic heterocycles. The number of benzene rings is 2. The lowest BCUT2D eigenvalue weighted by Gasteiger charge is -2.37. The molecule has 0 aliphatic carbocycles. The first-order valence-corrected chi connectivity index (χ1v) is 15.4. The van der Waals surface area contributed by atoms with Crippen LogP contribution in [-0.4, -0.2) is 23.2 Å². The predicted molar refractivity (Wildman–Crippen MR) is 169 cm³/mol. The van der Waals surface area contributed by atoms with Crippen molar-refractivity contribution < 1.29 is 4.42 Å². The molecule has 0 spiro atoms. The topological polar surface area (TPSA) is 44.5 Å². The van der Waals surface area contributed by atoms with Crippen molar-refractivity contribution >= 4 is 63.7 Å². The Morgan fingerprint density at radius 3 is 2.45 bits per heavy atom. The average Bonchev–Trinajstić information content (AvgIpc) is 3.53. The van der Waals surface area contributed by atoms with Crippen LogP contribution in [0.3, 0.4) is 0 Å². The lowest BCUT2D eigenvalue weighted by molar-refractivity contribution is 0.357. The Labute approximate surface area is 254 Å². The molecule has 9 heteroatoms. The number of nitrogens with zero attached hydrogens (tertiary/aromatic N) is 3. The van der Waals surface area contributed by atoms with Crippen LogP contribution in [0.4, 0.5) is 11.4 Å². The summed E-state index contributed by atoms with van der Waals surface area (Å²) in [6, 6.07) is 23.5. The first-order valence-electron chi connectivity index (χ1n) is 13.4. The Morgan fingerprint density at radius 1 is 0.975 bits per heavy atom. The predicted octanol–water partition coefficient (Wildman–Crippen LogP) is 8.79. The molecule has 2 saturated heterocycles. The van der Waals surface area contributed by atoms with Gasteiger partial charge >= 0.3 is 0 Å². The highest BCUT2D eigenvalue weighted by atomic mass is 35.5. The third-order valence-electron chi connectivity index (χ3n) is 7.44. The van der Waals surface area contributed by atoms with E-state index in [4.69, 9.17) is 39.8 Å². The van der Waals surface area contributed by atoms with Crippen molar-refractivity contribution in [3.63, 3.8) is 0 Å². The van der Waals surface area contributed by atoms with Crippen molar-refractivity contribution in [2.24, 2.45) is 11.8 Å². The Morgan fingerprint density at radius 2 is 1.75 bits per heavy atom. The number of hydrogen-bond donors (Lipinski definition) is 1. The van der Waals surface area contributed by atoms with E-state index in [9.17, 15) is 0 Å². The molecule has 2 aromatic carbocycles. The van der Waals surface area contributed by atoms with Gasteiger partial charge in [-0.15, -0.1) is 0 Å². The summed E-state index contributed by atoms with van der Waals surface area (Å²) in [7, 11) is 0. The summed E-state index contributed by atoms with van der Waals surface area (Å²) in [6.45, 7) is 6.64. The second-order valence-corrected chi connectivity index (χ2v) is 13.0. The highest BCUT2D eigenvalue weighted by molar-refractivity contribution is 7.99. The molecular formula is C31H30Cl2N4OS2. The summed E-state index contributed by atoms with van der Waals surface area (Å²) in [4.78, 5) is 10.2. The second-order valence-electron chi connectivity index (χ2n) is 10.7. The van der Waals surface area contributed by atoms with Crippen LogP contribution in [0, 0.1) is 11.8 Å². The van der Waals surface area contributed by atoms with Gasteiger partial charge in [-0.05, 0) is 97.2 Å². The largest absolute Gasteiger partial charge is 0.452 e. The van der Waals surface area contributed by atoms with E-state index >= 15 is 0 Å². The standard InChI is InChI=1S/C31H30Cl2N4OS2/c1-19-15-20(2)18-36(17-19)26-11-8-22(16-24(26)33)37-30(29(35-31(37)39)25-5-3-4-14-34-25)27-12-13-28(38-27)40-23-9-6-21(32)7-10-23/h3-14,16,19-20,29-30H,15,17-18H2,1-2H3,(H,35,39)/t19-,20+,29-,30-/m0/s1. The molecule has 206 valence electrons. The van der Waals surface area contributed by atoms with Gasteiger partial charge in [0, 0.05) is 34.9 Å². The van der Waals surface area contributed by atoms with Gasteiger partial charge in [0.15, 0.2) is 10.2 Å². The molecule has 0 unspecified atom stereocenters. The van der Waals surface area contributed by atoms with Crippen LogP contribution >= 0.6 is 47.2 Å². The van der Waals surface area contributed by atoms with Crippen LogP contribution in [0.5, 0.6) is 0 Å². The van der Waals surface area contributed by atoms with Crippen LogP contribution in [-0.2, 0) is 0 Å². The monoisotopic (exact) mass is 608 g/mol. The van der Waals surface area contributed by atoms with Crippen LogP contribution in [0.25, 0.3) is 0 Å². The molecule has 0 bridgehead atoms. The van der Waals surface area contributed by atoms with Gasteiger partial charge in [-0.3, -0.25) is 4.98 Å². The summed E-state index contributed by atoms with van der Waals surface area (Å²) < 4.78 is 6.45. The number of anilines is 2. The molecule has 4 aromatic rings. The summed E-state index contributed by atoms with van der Waals surface area (Å²) in [5.74, 6) is 2.06. The smallest absolute Gasteiger partial charge is 0.174 e. The van der Waals surface area contributed by atoms with Gasteiger partial charge in [-0.2, -0.15) is 0 Å². The number of hydrogen-bond acceptors (Lipinski definition) is 5. The lowest BCUT2D eigenvalue weighted by Crippen LogP contribution is -2.38. The fourth-order valence-electron chi connectivity index (χ4n) is 5.85. The molecule has 2 aliphatic heterocycles. The van der Waals surface area contributed by atoms with E-state index in [1.807, 2.05) is 60.7 Å². The number of aromatic nitrogens is 1. The van der Waals surface area contributed by atoms with E-state index in [2.05, 4.69) is 46.1 Å². The summed E-state index contributed by atoms with van der Waals surface area (Å²) in [5.41, 5.74) is 2.87. The fraction of sp³-hybridized carbons (Fsp3) is 0.290. The van der Waals surface area contributed by atoms with Crippen molar-refractivity contribution in [3.8, 4) is 0 Å². The van der Waals surface area contributed by atoms with E-state index in [0.29, 0.717) is 22.0 Å². The fourth-order valence-corrected chi connectivity index (χ4v) is 7.40. The molecule has 0 saturated carbocycles. The highest BCUT2D eigenvalue weighted by Gasteiger charge is 2.43. The van der Waals surface area contributed by atoms with E-state index < -0.39 is 0 Å². The molecular weight excluding hydrogens is 579 g/mol. The van der Waals surface area contributed by atoms with E-state index in [1.54, 1.807) is 18.0 Å². The van der Waals surface area contributed by atoms with Gasteiger partial charge in [0.25, 0.3) is 0 Å². The number of nitrogens with one attached hydrogen (secondary N) is 1. The molecule has 4 atom stereocenters. The first kappa shape index (κ1) is 27.5. The normalized spacial score (nSPS) is 22.9. The zero-order valence-electron chi connectivity index (χ0n) is 22.3. The minimum Gasteiger partial charge on any atom is -0.452 e. The molecule has 2 aliphatic rings. The number of furan rings is 1. The van der Waals surface area contributed by atoms with Crippen molar-refractivity contribution in [1.82, 2.24) is 10.3 Å². The number of thiocarbonyl (C=S) groups is 1.